The Hall–Kier alpha value is -2.08. The number of nitrogens with zero attached hydrogens (tertiary/aromatic N) is 1. The van der Waals surface area contributed by atoms with Crippen molar-refractivity contribution in [2.24, 2.45) is 0 Å². The summed E-state index contributed by atoms with van der Waals surface area (Å²) in [6.07, 6.45) is 1.13. The van der Waals surface area contributed by atoms with Gasteiger partial charge in [-0.3, -0.25) is 0 Å². The first-order chi connectivity index (χ1) is 10.1. The maximum atomic E-state index is 10.8. The number of rotatable bonds is 7. The van der Waals surface area contributed by atoms with Crippen LogP contribution in [0.25, 0.3) is 0 Å². The van der Waals surface area contributed by atoms with Gasteiger partial charge in [0.2, 0.25) is 5.01 Å². The summed E-state index contributed by atoms with van der Waals surface area (Å²) in [6, 6.07) is 7.71. The number of carbonyl (C=O) groups is 1. The van der Waals surface area contributed by atoms with E-state index in [0.29, 0.717) is 12.2 Å². The van der Waals surface area contributed by atoms with E-state index in [0.717, 1.165) is 29.2 Å². The Morgan fingerprint density at radius 2 is 2.33 bits per heavy atom. The van der Waals surface area contributed by atoms with E-state index in [1.54, 1.807) is 5.38 Å². The second-order valence-electron chi connectivity index (χ2n) is 4.67. The predicted octanol–water partition coefficient (Wildman–Crippen LogP) is 3.63. The van der Waals surface area contributed by atoms with Crippen molar-refractivity contribution in [2.75, 3.05) is 5.32 Å². The van der Waals surface area contributed by atoms with Crippen LogP contribution in [-0.2, 0) is 6.54 Å². The van der Waals surface area contributed by atoms with Crippen molar-refractivity contribution in [1.82, 2.24) is 4.98 Å². The minimum atomic E-state index is -0.991. The molecule has 1 aromatic heterocycles. The smallest absolute Gasteiger partial charge is 0.365 e. The number of carboxylic acids is 1. The van der Waals surface area contributed by atoms with E-state index in [1.807, 2.05) is 31.2 Å². The number of nitrogens with one attached hydrogen (secondary N) is 1. The Kier molecular flexibility index (Phi) is 5.16. The highest BCUT2D eigenvalue weighted by Crippen LogP contribution is 2.20. The van der Waals surface area contributed by atoms with Crippen LogP contribution in [-0.4, -0.2) is 22.2 Å². The van der Waals surface area contributed by atoms with Gasteiger partial charge in [0.05, 0.1) is 18.3 Å². The molecule has 0 saturated heterocycles. The van der Waals surface area contributed by atoms with Gasteiger partial charge >= 0.3 is 5.97 Å². The fourth-order valence-electron chi connectivity index (χ4n) is 1.67. The summed E-state index contributed by atoms with van der Waals surface area (Å²) in [4.78, 5) is 14.8. The Labute approximate surface area is 127 Å². The SMILES string of the molecule is CCC(C)Oc1cccc(NCc2csc(C(=O)O)n2)c1. The van der Waals surface area contributed by atoms with Gasteiger partial charge in [-0.2, -0.15) is 0 Å². The van der Waals surface area contributed by atoms with Crippen LogP contribution >= 0.6 is 11.3 Å². The molecular formula is C15H18N2O3S. The highest BCUT2D eigenvalue weighted by Gasteiger charge is 2.08. The van der Waals surface area contributed by atoms with Gasteiger partial charge in [-0.05, 0) is 25.5 Å². The number of thiazole rings is 1. The summed E-state index contributed by atoms with van der Waals surface area (Å²) < 4.78 is 5.76. The zero-order chi connectivity index (χ0) is 15.2. The lowest BCUT2D eigenvalue weighted by Gasteiger charge is -2.13. The molecule has 0 saturated carbocycles. The van der Waals surface area contributed by atoms with Crippen LogP contribution in [0.1, 0.15) is 35.8 Å². The van der Waals surface area contributed by atoms with Gasteiger partial charge in [0.25, 0.3) is 0 Å². The van der Waals surface area contributed by atoms with Crippen molar-refractivity contribution in [3.05, 3.63) is 40.3 Å². The van der Waals surface area contributed by atoms with E-state index in [-0.39, 0.29) is 11.1 Å². The number of aromatic nitrogens is 1. The monoisotopic (exact) mass is 306 g/mol. The summed E-state index contributed by atoms with van der Waals surface area (Å²) in [7, 11) is 0. The van der Waals surface area contributed by atoms with Crippen molar-refractivity contribution in [3.63, 3.8) is 0 Å². The largest absolute Gasteiger partial charge is 0.491 e. The standard InChI is InChI=1S/C15H18N2O3S/c1-3-10(2)20-13-6-4-5-11(7-13)16-8-12-9-21-14(17-12)15(18)19/h4-7,9-10,16H,3,8H2,1-2H3,(H,18,19). The van der Waals surface area contributed by atoms with Crippen LogP contribution in [0, 0.1) is 0 Å². The first kappa shape index (κ1) is 15.3. The molecule has 2 aromatic rings. The molecule has 0 radical (unpaired) electrons. The second kappa shape index (κ2) is 7.08. The van der Waals surface area contributed by atoms with E-state index in [1.165, 1.54) is 0 Å². The normalized spacial score (nSPS) is 11.9. The maximum Gasteiger partial charge on any atom is 0.365 e. The molecule has 0 aliphatic heterocycles. The van der Waals surface area contributed by atoms with Gasteiger partial charge < -0.3 is 15.2 Å². The number of anilines is 1. The van der Waals surface area contributed by atoms with Crippen LogP contribution in [0.15, 0.2) is 29.6 Å². The molecule has 0 aliphatic carbocycles. The Bertz CT molecular complexity index is 612. The summed E-state index contributed by atoms with van der Waals surface area (Å²) in [5.74, 6) is -0.172. The zero-order valence-electron chi connectivity index (χ0n) is 12.0. The summed E-state index contributed by atoms with van der Waals surface area (Å²) in [6.45, 7) is 4.59. The van der Waals surface area contributed by atoms with E-state index >= 15 is 0 Å². The minimum Gasteiger partial charge on any atom is -0.491 e. The molecular weight excluding hydrogens is 288 g/mol. The second-order valence-corrected chi connectivity index (χ2v) is 5.53. The first-order valence-corrected chi connectivity index (χ1v) is 7.64. The number of ether oxygens (including phenoxy) is 1. The molecule has 0 bridgehead atoms. The van der Waals surface area contributed by atoms with Crippen LogP contribution in [0.5, 0.6) is 5.75 Å². The zero-order valence-corrected chi connectivity index (χ0v) is 12.8. The Morgan fingerprint density at radius 1 is 1.52 bits per heavy atom. The molecule has 6 heteroatoms. The molecule has 112 valence electrons. The van der Waals surface area contributed by atoms with E-state index in [2.05, 4.69) is 17.2 Å². The van der Waals surface area contributed by atoms with Crippen molar-refractivity contribution >= 4 is 23.0 Å². The Balaban J connectivity index is 1.96. The number of hydrogen-bond acceptors (Lipinski definition) is 5. The summed E-state index contributed by atoms with van der Waals surface area (Å²) in [5.41, 5.74) is 1.63. The number of carboxylic acid groups (broad SMARTS) is 1. The van der Waals surface area contributed by atoms with Crippen molar-refractivity contribution in [3.8, 4) is 5.75 Å². The maximum absolute atomic E-state index is 10.8. The lowest BCUT2D eigenvalue weighted by atomic mass is 10.2. The molecule has 21 heavy (non-hydrogen) atoms. The fourth-order valence-corrected chi connectivity index (χ4v) is 2.33. The highest BCUT2D eigenvalue weighted by molar-refractivity contribution is 7.11. The molecule has 0 aliphatic rings. The van der Waals surface area contributed by atoms with Gasteiger partial charge in [-0.15, -0.1) is 11.3 Å². The third kappa shape index (κ3) is 4.46. The van der Waals surface area contributed by atoms with Crippen LogP contribution in [0.2, 0.25) is 0 Å². The molecule has 1 atom stereocenters. The van der Waals surface area contributed by atoms with Gasteiger partial charge in [0.15, 0.2) is 0 Å². The third-order valence-electron chi connectivity index (χ3n) is 2.95. The third-order valence-corrected chi connectivity index (χ3v) is 3.83. The molecule has 2 N–H and O–H groups in total. The lowest BCUT2D eigenvalue weighted by Crippen LogP contribution is -2.09. The molecule has 1 unspecified atom stereocenters. The molecule has 5 nitrogen and oxygen atoms in total. The minimum absolute atomic E-state index is 0.112. The van der Waals surface area contributed by atoms with Gasteiger partial charge in [0, 0.05) is 17.1 Å². The van der Waals surface area contributed by atoms with Gasteiger partial charge in [-0.1, -0.05) is 13.0 Å². The van der Waals surface area contributed by atoms with Crippen molar-refractivity contribution in [1.29, 1.82) is 0 Å². The first-order valence-electron chi connectivity index (χ1n) is 6.76. The van der Waals surface area contributed by atoms with Crippen LogP contribution in [0.3, 0.4) is 0 Å². The molecule has 0 spiro atoms. The Morgan fingerprint density at radius 3 is 3.00 bits per heavy atom. The quantitative estimate of drug-likeness (QED) is 0.817. The number of hydrogen-bond donors (Lipinski definition) is 2. The van der Waals surface area contributed by atoms with E-state index in [9.17, 15) is 4.79 Å². The summed E-state index contributed by atoms with van der Waals surface area (Å²) in [5, 5.41) is 13.9. The van der Waals surface area contributed by atoms with E-state index in [4.69, 9.17) is 9.84 Å². The molecule has 1 heterocycles. The topological polar surface area (TPSA) is 71.5 Å². The fraction of sp³-hybridized carbons (Fsp3) is 0.333. The average molecular weight is 306 g/mol. The molecule has 1 aromatic carbocycles. The molecule has 2 rings (SSSR count). The molecule has 0 fully saturated rings. The lowest BCUT2D eigenvalue weighted by molar-refractivity contribution is 0.0696. The predicted molar refractivity (Wildman–Crippen MR) is 83.2 cm³/mol. The van der Waals surface area contributed by atoms with Crippen LogP contribution < -0.4 is 10.1 Å². The number of aromatic carboxylic acids is 1. The van der Waals surface area contributed by atoms with Crippen LogP contribution in [0.4, 0.5) is 5.69 Å². The van der Waals surface area contributed by atoms with Crippen molar-refractivity contribution in [2.45, 2.75) is 32.9 Å². The van der Waals surface area contributed by atoms with Gasteiger partial charge in [0.1, 0.15) is 5.75 Å². The average Bonchev–Trinajstić information content (AvgIpc) is 2.94. The van der Waals surface area contributed by atoms with Gasteiger partial charge in [-0.25, -0.2) is 9.78 Å². The van der Waals surface area contributed by atoms with E-state index < -0.39 is 5.97 Å². The highest BCUT2D eigenvalue weighted by atomic mass is 32.1. The van der Waals surface area contributed by atoms with Crippen molar-refractivity contribution < 1.29 is 14.6 Å². The summed E-state index contributed by atoms with van der Waals surface area (Å²) >= 11 is 1.13. The number of benzene rings is 1. The molecule has 0 amide bonds.